The molecule has 134 valence electrons. The van der Waals surface area contributed by atoms with Gasteiger partial charge >= 0.3 is 0 Å². The minimum atomic E-state index is -3.67. The molecule has 0 heterocycles. The fourth-order valence-corrected chi connectivity index (χ4v) is 1.86. The highest BCUT2D eigenvalue weighted by Gasteiger charge is 2.04. The smallest absolute Gasteiger partial charge is 0.271 e. The Kier molecular flexibility index (Phi) is 8.38. The predicted molar refractivity (Wildman–Crippen MR) is 97.5 cm³/mol. The summed E-state index contributed by atoms with van der Waals surface area (Å²) in [5.41, 5.74) is 8.61. The second-order valence-corrected chi connectivity index (χ2v) is 6.11. The second kappa shape index (κ2) is 10.3. The number of benzene rings is 2. The van der Waals surface area contributed by atoms with E-state index in [-0.39, 0.29) is 0 Å². The average Bonchev–Trinajstić information content (AvgIpc) is 2.54. The van der Waals surface area contributed by atoms with E-state index in [0.29, 0.717) is 31.0 Å². The van der Waals surface area contributed by atoms with E-state index in [2.05, 4.69) is 21.7 Å². The molecule has 0 amide bonds. The predicted octanol–water partition coefficient (Wildman–Crippen LogP) is 0.918. The number of rotatable bonds is 6. The molecule has 0 bridgehead atoms. The number of nitrogens with one attached hydrogen (secondary N) is 1. The first kappa shape index (κ1) is 20.4. The first-order valence-corrected chi connectivity index (χ1v) is 8.87. The summed E-state index contributed by atoms with van der Waals surface area (Å²) >= 11 is 0. The van der Waals surface area contributed by atoms with Crippen molar-refractivity contribution in [2.45, 2.75) is 6.61 Å². The lowest BCUT2D eigenvalue weighted by Crippen LogP contribution is -2.21. The van der Waals surface area contributed by atoms with Crippen molar-refractivity contribution in [3.8, 4) is 6.07 Å². The first-order chi connectivity index (χ1) is 11.8. The zero-order valence-electron chi connectivity index (χ0n) is 13.6. The van der Waals surface area contributed by atoms with Gasteiger partial charge in [0.15, 0.2) is 0 Å². The molecule has 2 aromatic carbocycles. The molecule has 0 aliphatic heterocycles. The first-order valence-electron chi connectivity index (χ1n) is 7.26. The molecule has 0 radical (unpaired) electrons. The van der Waals surface area contributed by atoms with Gasteiger partial charge in [0.2, 0.25) is 0 Å². The molecule has 25 heavy (non-hydrogen) atoms. The number of hydrogen-bond donors (Lipinski definition) is 4. The molecular formula is C16H21N5O3S. The zero-order valence-corrected chi connectivity index (χ0v) is 14.4. The molecule has 0 aromatic heterocycles. The van der Waals surface area contributed by atoms with Gasteiger partial charge in [0.1, 0.15) is 6.07 Å². The Balaban J connectivity index is 0.000000550. The van der Waals surface area contributed by atoms with Crippen molar-refractivity contribution in [2.24, 2.45) is 10.3 Å². The number of nitriles is 1. The molecule has 0 fully saturated rings. The molecule has 0 aliphatic carbocycles. The van der Waals surface area contributed by atoms with Crippen LogP contribution in [0.3, 0.4) is 0 Å². The molecule has 9 heteroatoms. The van der Waals surface area contributed by atoms with Crippen LogP contribution in [0.25, 0.3) is 0 Å². The maximum Gasteiger partial charge on any atom is 0.271 e. The van der Waals surface area contributed by atoms with Gasteiger partial charge in [0.25, 0.3) is 10.2 Å². The van der Waals surface area contributed by atoms with Gasteiger partial charge in [0, 0.05) is 6.54 Å². The second-order valence-electron chi connectivity index (χ2n) is 4.94. The normalized spacial score (nSPS) is 10.3. The summed E-state index contributed by atoms with van der Waals surface area (Å²) in [6.45, 7) is 1.78. The van der Waals surface area contributed by atoms with Crippen LogP contribution in [-0.2, 0) is 21.6 Å². The molecule has 0 aliphatic rings. The van der Waals surface area contributed by atoms with Crippen molar-refractivity contribution in [1.82, 2.24) is 0 Å². The fourth-order valence-electron chi connectivity index (χ4n) is 1.86. The minimum Gasteiger partial charge on any atom is -0.398 e. The summed E-state index contributed by atoms with van der Waals surface area (Å²) in [5.74, 6) is 0. The van der Waals surface area contributed by atoms with Crippen LogP contribution in [0.4, 0.5) is 11.4 Å². The summed E-state index contributed by atoms with van der Waals surface area (Å²) in [7, 11) is -3.67. The summed E-state index contributed by atoms with van der Waals surface area (Å²) in [6.07, 6.45) is 0. The molecule has 0 atom stereocenters. The van der Waals surface area contributed by atoms with Crippen molar-refractivity contribution in [2.75, 3.05) is 24.2 Å². The maximum absolute atomic E-state index is 9.19. The van der Waals surface area contributed by atoms with Crippen molar-refractivity contribution in [3.05, 3.63) is 59.7 Å². The third-order valence-corrected chi connectivity index (χ3v) is 2.88. The summed E-state index contributed by atoms with van der Waals surface area (Å²) in [4.78, 5) is 0. The highest BCUT2D eigenvalue weighted by molar-refractivity contribution is 7.86. The van der Waals surface area contributed by atoms with Gasteiger partial charge in [-0.15, -0.1) is 0 Å². The van der Waals surface area contributed by atoms with Gasteiger partial charge in [0.05, 0.1) is 30.2 Å². The number of hydrogen-bond acceptors (Lipinski definition) is 6. The van der Waals surface area contributed by atoms with Gasteiger partial charge in [-0.2, -0.15) is 13.7 Å². The van der Waals surface area contributed by atoms with Crippen molar-refractivity contribution in [3.63, 3.8) is 0 Å². The van der Waals surface area contributed by atoms with E-state index in [4.69, 9.17) is 15.7 Å². The van der Waals surface area contributed by atoms with Gasteiger partial charge in [-0.05, 0) is 17.7 Å². The van der Waals surface area contributed by atoms with Crippen LogP contribution in [0.1, 0.15) is 11.1 Å². The molecule has 2 rings (SSSR count). The Bertz CT molecular complexity index is 796. The van der Waals surface area contributed by atoms with Crippen LogP contribution < -0.4 is 21.3 Å². The Hall–Kier alpha value is -2.64. The average molecular weight is 363 g/mol. The van der Waals surface area contributed by atoms with Crippen LogP contribution in [0, 0.1) is 11.3 Å². The van der Waals surface area contributed by atoms with E-state index in [9.17, 15) is 8.42 Å². The molecule has 0 saturated heterocycles. The van der Waals surface area contributed by atoms with Gasteiger partial charge < -0.3 is 15.8 Å². The van der Waals surface area contributed by atoms with E-state index >= 15 is 0 Å². The quantitative estimate of drug-likeness (QED) is 0.441. The standard InChI is InChI=1S/C16H17N3O.H4N2O2S/c17-11-14-15(18)7-4-8-16(14)19-9-10-20-12-13-5-2-1-3-6-13;1-5(2,3)4/h1-8,19H,9-10,12,18H2;(H4,1,2,3,4). The summed E-state index contributed by atoms with van der Waals surface area (Å²) < 4.78 is 23.9. The Morgan fingerprint density at radius 2 is 1.72 bits per heavy atom. The SMILES string of the molecule is N#Cc1c(N)cccc1NCCOCc1ccccc1.NS(N)(=O)=O. The number of nitrogens with two attached hydrogens (primary N) is 3. The number of nitrogen functional groups attached to an aromatic ring is 1. The Morgan fingerprint density at radius 3 is 2.32 bits per heavy atom. The summed E-state index contributed by atoms with van der Waals surface area (Å²) in [5, 5.41) is 20.4. The number of anilines is 2. The molecule has 7 N–H and O–H groups in total. The van der Waals surface area contributed by atoms with Crippen molar-refractivity contribution in [1.29, 1.82) is 5.26 Å². The molecule has 2 aromatic rings. The topological polar surface area (TPSA) is 157 Å². The molecule has 0 saturated carbocycles. The van der Waals surface area contributed by atoms with E-state index in [0.717, 1.165) is 11.3 Å². The molecule has 0 unspecified atom stereocenters. The molecular weight excluding hydrogens is 342 g/mol. The third-order valence-electron chi connectivity index (χ3n) is 2.88. The van der Waals surface area contributed by atoms with Crippen LogP contribution >= 0.6 is 0 Å². The maximum atomic E-state index is 9.19. The third kappa shape index (κ3) is 9.29. The highest BCUT2D eigenvalue weighted by Crippen LogP contribution is 2.20. The van der Waals surface area contributed by atoms with Crippen LogP contribution in [0.2, 0.25) is 0 Å². The van der Waals surface area contributed by atoms with Gasteiger partial charge in [-0.25, -0.2) is 10.3 Å². The lowest BCUT2D eigenvalue weighted by Gasteiger charge is -2.10. The van der Waals surface area contributed by atoms with E-state index in [1.165, 1.54) is 0 Å². The van der Waals surface area contributed by atoms with Gasteiger partial charge in [-0.3, -0.25) is 0 Å². The minimum absolute atomic E-state index is 0.482. The highest BCUT2D eigenvalue weighted by atomic mass is 32.2. The molecule has 0 spiro atoms. The number of nitrogens with zero attached hydrogens (tertiary/aromatic N) is 1. The monoisotopic (exact) mass is 363 g/mol. The Labute approximate surface area is 147 Å². The van der Waals surface area contributed by atoms with Crippen molar-refractivity contribution >= 4 is 21.6 Å². The lowest BCUT2D eigenvalue weighted by atomic mass is 10.1. The van der Waals surface area contributed by atoms with Gasteiger partial charge in [-0.1, -0.05) is 36.4 Å². The van der Waals surface area contributed by atoms with Crippen LogP contribution in [0.5, 0.6) is 0 Å². The van der Waals surface area contributed by atoms with Crippen LogP contribution in [-0.4, -0.2) is 21.6 Å². The summed E-state index contributed by atoms with van der Waals surface area (Å²) in [6, 6.07) is 17.5. The lowest BCUT2D eigenvalue weighted by molar-refractivity contribution is 0.130. The van der Waals surface area contributed by atoms with E-state index < -0.39 is 10.2 Å². The fraction of sp³-hybridized carbons (Fsp3) is 0.188. The largest absolute Gasteiger partial charge is 0.398 e. The zero-order chi connectivity index (χ0) is 18.7. The van der Waals surface area contributed by atoms with Crippen LogP contribution in [0.15, 0.2) is 48.5 Å². The number of ether oxygens (including phenoxy) is 1. The Morgan fingerprint density at radius 1 is 1.08 bits per heavy atom. The van der Waals surface area contributed by atoms with E-state index in [1.807, 2.05) is 42.5 Å². The van der Waals surface area contributed by atoms with Crippen molar-refractivity contribution < 1.29 is 13.2 Å². The van der Waals surface area contributed by atoms with E-state index in [1.54, 1.807) is 6.07 Å². The molecule has 8 nitrogen and oxygen atoms in total.